The van der Waals surface area contributed by atoms with Gasteiger partial charge in [-0.05, 0) is 43.3 Å². The maximum Gasteiger partial charge on any atom is 0.329 e. The Bertz CT molecular complexity index is 891. The third kappa shape index (κ3) is 3.69. The van der Waals surface area contributed by atoms with Crippen LogP contribution in [-0.4, -0.2) is 41.2 Å². The van der Waals surface area contributed by atoms with E-state index in [1.807, 2.05) is 0 Å². The Morgan fingerprint density at radius 1 is 1.04 bits per heavy atom. The van der Waals surface area contributed by atoms with Crippen LogP contribution in [-0.2, 0) is 14.3 Å². The van der Waals surface area contributed by atoms with Gasteiger partial charge >= 0.3 is 5.97 Å². The zero-order valence-electron chi connectivity index (χ0n) is 14.3. The van der Waals surface area contributed by atoms with Gasteiger partial charge in [-0.3, -0.25) is 19.3 Å². The lowest BCUT2D eigenvalue weighted by molar-refractivity contribution is -0.150. The lowest BCUT2D eigenvalue weighted by Gasteiger charge is -2.20. The number of carbonyl (C=O) groups excluding carboxylic acids is 4. The van der Waals surface area contributed by atoms with Crippen LogP contribution < -0.4 is 5.32 Å². The summed E-state index contributed by atoms with van der Waals surface area (Å²) in [5, 5.41) is 2.43. The Kier molecular flexibility index (Phi) is 4.98. The van der Waals surface area contributed by atoms with E-state index in [1.165, 1.54) is 43.3 Å². The summed E-state index contributed by atoms with van der Waals surface area (Å²) in [6, 6.07) is 10.1. The largest absolute Gasteiger partial charge is 0.454 e. The van der Waals surface area contributed by atoms with E-state index < -0.39 is 42.2 Å². The van der Waals surface area contributed by atoms with Gasteiger partial charge in [-0.1, -0.05) is 12.1 Å². The highest BCUT2D eigenvalue weighted by molar-refractivity contribution is 6.22. The SMILES string of the molecule is C[C@H](C(=O)OCC(=O)Nc1ccc(F)cc1)N1C(=O)c2ccccc2C1=O. The fraction of sp³-hybridized carbons (Fsp3) is 0.158. The Morgan fingerprint density at radius 3 is 2.15 bits per heavy atom. The summed E-state index contributed by atoms with van der Waals surface area (Å²) in [7, 11) is 0. The minimum atomic E-state index is -1.18. The molecule has 0 saturated heterocycles. The van der Waals surface area contributed by atoms with Crippen molar-refractivity contribution >= 4 is 29.4 Å². The van der Waals surface area contributed by atoms with E-state index in [2.05, 4.69) is 5.32 Å². The first-order valence-corrected chi connectivity index (χ1v) is 8.07. The van der Waals surface area contributed by atoms with Crippen LogP contribution in [0.5, 0.6) is 0 Å². The molecule has 138 valence electrons. The molecular weight excluding hydrogens is 355 g/mol. The number of fused-ring (bicyclic) bond motifs is 1. The van der Waals surface area contributed by atoms with E-state index in [-0.39, 0.29) is 11.1 Å². The molecule has 0 unspecified atom stereocenters. The molecule has 8 heteroatoms. The Balaban J connectivity index is 1.58. The number of imide groups is 1. The van der Waals surface area contributed by atoms with Crippen LogP contribution in [0.3, 0.4) is 0 Å². The van der Waals surface area contributed by atoms with E-state index in [0.29, 0.717) is 5.69 Å². The molecule has 0 aromatic heterocycles. The van der Waals surface area contributed by atoms with Crippen LogP contribution in [0.15, 0.2) is 48.5 Å². The number of anilines is 1. The number of carbonyl (C=O) groups is 4. The van der Waals surface area contributed by atoms with Gasteiger partial charge in [0.2, 0.25) is 0 Å². The summed E-state index contributed by atoms with van der Waals surface area (Å²) >= 11 is 0. The predicted molar refractivity (Wildman–Crippen MR) is 92.4 cm³/mol. The van der Waals surface area contributed by atoms with Gasteiger partial charge in [-0.15, -0.1) is 0 Å². The normalized spacial score (nSPS) is 13.9. The van der Waals surface area contributed by atoms with Gasteiger partial charge in [0.25, 0.3) is 17.7 Å². The molecule has 0 radical (unpaired) electrons. The Hall–Kier alpha value is -3.55. The summed E-state index contributed by atoms with van der Waals surface area (Å²) in [4.78, 5) is 49.5. The van der Waals surface area contributed by atoms with Crippen molar-refractivity contribution in [3.63, 3.8) is 0 Å². The maximum absolute atomic E-state index is 12.8. The summed E-state index contributed by atoms with van der Waals surface area (Å²) in [5.41, 5.74) is 0.776. The van der Waals surface area contributed by atoms with Crippen molar-refractivity contribution in [2.24, 2.45) is 0 Å². The predicted octanol–water partition coefficient (Wildman–Crippen LogP) is 1.99. The smallest absolute Gasteiger partial charge is 0.329 e. The van der Waals surface area contributed by atoms with Gasteiger partial charge in [0, 0.05) is 5.69 Å². The molecule has 0 spiro atoms. The van der Waals surface area contributed by atoms with Crippen LogP contribution in [0.4, 0.5) is 10.1 Å². The molecule has 1 aliphatic rings. The average Bonchev–Trinajstić information content (AvgIpc) is 2.92. The molecule has 0 fully saturated rings. The summed E-state index contributed by atoms with van der Waals surface area (Å²) in [5.74, 6) is -3.15. The van der Waals surface area contributed by atoms with Gasteiger partial charge in [0.15, 0.2) is 6.61 Å². The van der Waals surface area contributed by atoms with Gasteiger partial charge in [-0.2, -0.15) is 0 Å². The topological polar surface area (TPSA) is 92.8 Å². The molecule has 1 N–H and O–H groups in total. The van der Waals surface area contributed by atoms with Crippen molar-refractivity contribution < 1.29 is 28.3 Å². The highest BCUT2D eigenvalue weighted by Gasteiger charge is 2.41. The zero-order valence-corrected chi connectivity index (χ0v) is 14.3. The van der Waals surface area contributed by atoms with Crippen molar-refractivity contribution in [1.82, 2.24) is 4.90 Å². The van der Waals surface area contributed by atoms with Crippen molar-refractivity contribution in [3.8, 4) is 0 Å². The minimum Gasteiger partial charge on any atom is -0.454 e. The maximum atomic E-state index is 12.8. The molecule has 2 aromatic carbocycles. The number of nitrogens with zero attached hydrogens (tertiary/aromatic N) is 1. The number of nitrogens with one attached hydrogen (secondary N) is 1. The first-order chi connectivity index (χ1) is 12.9. The molecule has 3 rings (SSSR count). The van der Waals surface area contributed by atoms with E-state index in [0.717, 1.165) is 4.90 Å². The molecule has 2 aromatic rings. The van der Waals surface area contributed by atoms with Crippen LogP contribution >= 0.6 is 0 Å². The van der Waals surface area contributed by atoms with Crippen LogP contribution in [0.1, 0.15) is 27.6 Å². The van der Waals surface area contributed by atoms with Crippen LogP contribution in [0, 0.1) is 5.82 Å². The molecule has 0 aliphatic carbocycles. The first kappa shape index (κ1) is 18.2. The van der Waals surface area contributed by atoms with Crippen molar-refractivity contribution in [2.45, 2.75) is 13.0 Å². The highest BCUT2D eigenvalue weighted by Crippen LogP contribution is 2.24. The van der Waals surface area contributed by atoms with Gasteiger partial charge < -0.3 is 10.1 Å². The number of rotatable bonds is 5. The van der Waals surface area contributed by atoms with E-state index in [9.17, 15) is 23.6 Å². The second-order valence-corrected chi connectivity index (χ2v) is 5.86. The molecule has 3 amide bonds. The fourth-order valence-electron chi connectivity index (χ4n) is 2.65. The molecule has 27 heavy (non-hydrogen) atoms. The highest BCUT2D eigenvalue weighted by atomic mass is 19.1. The second-order valence-electron chi connectivity index (χ2n) is 5.86. The summed E-state index contributed by atoms with van der Waals surface area (Å²) in [6.07, 6.45) is 0. The lowest BCUT2D eigenvalue weighted by Crippen LogP contribution is -2.44. The Labute approximate surface area is 153 Å². The van der Waals surface area contributed by atoms with Gasteiger partial charge in [0.05, 0.1) is 11.1 Å². The molecule has 1 aliphatic heterocycles. The minimum absolute atomic E-state index is 0.219. The van der Waals surface area contributed by atoms with E-state index >= 15 is 0 Å². The Morgan fingerprint density at radius 2 is 1.59 bits per heavy atom. The number of hydrogen-bond donors (Lipinski definition) is 1. The summed E-state index contributed by atoms with van der Waals surface area (Å²) in [6.45, 7) is 0.742. The second kappa shape index (κ2) is 7.36. The first-order valence-electron chi connectivity index (χ1n) is 8.07. The summed E-state index contributed by atoms with van der Waals surface area (Å²) < 4.78 is 17.7. The van der Waals surface area contributed by atoms with Gasteiger partial charge in [0.1, 0.15) is 11.9 Å². The van der Waals surface area contributed by atoms with Crippen molar-refractivity contribution in [3.05, 3.63) is 65.5 Å². The number of hydrogen-bond acceptors (Lipinski definition) is 5. The van der Waals surface area contributed by atoms with Crippen molar-refractivity contribution in [1.29, 1.82) is 0 Å². The van der Waals surface area contributed by atoms with E-state index in [4.69, 9.17) is 4.74 Å². The number of esters is 1. The molecule has 0 bridgehead atoms. The fourth-order valence-corrected chi connectivity index (χ4v) is 2.65. The van der Waals surface area contributed by atoms with Gasteiger partial charge in [-0.25, -0.2) is 9.18 Å². The quantitative estimate of drug-likeness (QED) is 0.642. The third-order valence-corrected chi connectivity index (χ3v) is 4.03. The van der Waals surface area contributed by atoms with E-state index in [1.54, 1.807) is 12.1 Å². The molecule has 1 atom stereocenters. The monoisotopic (exact) mass is 370 g/mol. The number of halogens is 1. The average molecular weight is 370 g/mol. The standard InChI is InChI=1S/C19H15FN2O5/c1-11(22-17(24)14-4-2-3-5-15(14)18(22)25)19(26)27-10-16(23)21-13-8-6-12(20)7-9-13/h2-9,11H,10H2,1H3,(H,21,23)/t11-/m1/s1. The number of amides is 3. The third-order valence-electron chi connectivity index (χ3n) is 4.03. The lowest BCUT2D eigenvalue weighted by atomic mass is 10.1. The number of ether oxygens (including phenoxy) is 1. The molecular formula is C19H15FN2O5. The molecule has 1 heterocycles. The number of benzene rings is 2. The van der Waals surface area contributed by atoms with Crippen molar-refractivity contribution in [2.75, 3.05) is 11.9 Å². The van der Waals surface area contributed by atoms with Crippen LogP contribution in [0.2, 0.25) is 0 Å². The zero-order chi connectivity index (χ0) is 19.6. The molecule has 0 saturated carbocycles. The van der Waals surface area contributed by atoms with Crippen LogP contribution in [0.25, 0.3) is 0 Å². The molecule has 7 nitrogen and oxygen atoms in total.